The lowest BCUT2D eigenvalue weighted by atomic mass is 10.0. The molecule has 1 saturated heterocycles. The van der Waals surface area contributed by atoms with Crippen LogP contribution >= 0.6 is 24.0 Å². The largest absolute Gasteiger partial charge is 0.444 e. The molecule has 0 atom stereocenters. The Morgan fingerprint density at radius 1 is 1.25 bits per heavy atom. The van der Waals surface area contributed by atoms with Gasteiger partial charge in [0.2, 0.25) is 5.89 Å². The van der Waals surface area contributed by atoms with Gasteiger partial charge in [0.1, 0.15) is 5.76 Å². The molecule has 1 aliphatic rings. The molecule has 0 spiro atoms. The Balaban J connectivity index is 0.00000288. The molecule has 138 valence electrons. The van der Waals surface area contributed by atoms with Gasteiger partial charge < -0.3 is 19.8 Å². The highest BCUT2D eigenvalue weighted by Crippen LogP contribution is 2.15. The molecule has 0 aliphatic carbocycles. The fraction of sp³-hybridized carbons (Fsp3) is 0.750. The van der Waals surface area contributed by atoms with Gasteiger partial charge in [-0.05, 0) is 27.7 Å². The fourth-order valence-corrected chi connectivity index (χ4v) is 2.58. The molecular formula is C16H30IN5O2. The normalized spacial score (nSPS) is 16.6. The minimum absolute atomic E-state index is 0. The van der Waals surface area contributed by atoms with E-state index >= 15 is 0 Å². The second-order valence-corrected chi connectivity index (χ2v) is 6.44. The molecule has 0 bridgehead atoms. The van der Waals surface area contributed by atoms with Gasteiger partial charge in [0.15, 0.2) is 5.96 Å². The first-order chi connectivity index (χ1) is 10.9. The molecule has 1 aromatic rings. The quantitative estimate of drug-likeness (QED) is 0.403. The number of nitrogens with one attached hydrogen (secondary N) is 2. The molecule has 0 unspecified atom stereocenters. The van der Waals surface area contributed by atoms with Crippen molar-refractivity contribution in [2.24, 2.45) is 4.99 Å². The van der Waals surface area contributed by atoms with Gasteiger partial charge in [-0.2, -0.15) is 0 Å². The second-order valence-electron chi connectivity index (χ2n) is 6.44. The summed E-state index contributed by atoms with van der Waals surface area (Å²) >= 11 is 0. The van der Waals surface area contributed by atoms with E-state index in [0.717, 1.165) is 50.3 Å². The molecule has 0 aromatic carbocycles. The number of hydrogen-bond donors (Lipinski definition) is 2. The van der Waals surface area contributed by atoms with Crippen molar-refractivity contribution in [1.29, 1.82) is 0 Å². The average Bonchev–Trinajstić information content (AvgIpc) is 2.87. The lowest BCUT2D eigenvalue weighted by molar-refractivity contribution is -0.00834. The van der Waals surface area contributed by atoms with E-state index in [9.17, 15) is 0 Å². The van der Waals surface area contributed by atoms with Crippen molar-refractivity contribution in [2.75, 3.05) is 39.9 Å². The Kier molecular flexibility index (Phi) is 8.44. The zero-order valence-corrected chi connectivity index (χ0v) is 17.6. The van der Waals surface area contributed by atoms with Crippen LogP contribution < -0.4 is 10.6 Å². The molecule has 1 fully saturated rings. The number of aromatic nitrogens is 1. The Labute approximate surface area is 161 Å². The second kappa shape index (κ2) is 9.57. The fourth-order valence-electron chi connectivity index (χ4n) is 2.58. The van der Waals surface area contributed by atoms with E-state index < -0.39 is 0 Å². The third-order valence-electron chi connectivity index (χ3n) is 4.26. The number of halogens is 1. The van der Waals surface area contributed by atoms with Crippen LogP contribution in [0, 0.1) is 13.8 Å². The first-order valence-corrected chi connectivity index (χ1v) is 8.12. The number of ether oxygens (including phenoxy) is 1. The number of aryl methyl sites for hydroxylation is 2. The maximum Gasteiger partial charge on any atom is 0.214 e. The number of hydrogen-bond acceptors (Lipinski definition) is 5. The van der Waals surface area contributed by atoms with Crippen LogP contribution in [-0.4, -0.2) is 61.3 Å². The standard InChI is InChI=1S/C16H29N5O2.HI/c1-12-13(2)23-14(20-12)10-18-15(17-5)19-11-16(3,4)21-6-8-22-9-7-21;/h6-11H2,1-5H3,(H2,17,18,19);1H. The summed E-state index contributed by atoms with van der Waals surface area (Å²) in [6, 6.07) is 0. The van der Waals surface area contributed by atoms with Crippen LogP contribution in [0.25, 0.3) is 0 Å². The van der Waals surface area contributed by atoms with E-state index in [0.29, 0.717) is 12.4 Å². The summed E-state index contributed by atoms with van der Waals surface area (Å²) < 4.78 is 11.0. The highest BCUT2D eigenvalue weighted by Gasteiger charge is 2.28. The predicted octanol–water partition coefficient (Wildman–Crippen LogP) is 1.69. The zero-order valence-electron chi connectivity index (χ0n) is 15.3. The molecule has 2 N–H and O–H groups in total. The SMILES string of the molecule is CN=C(NCc1nc(C)c(C)o1)NCC(C)(C)N1CCOCC1.I. The summed E-state index contributed by atoms with van der Waals surface area (Å²) in [5, 5.41) is 6.63. The van der Waals surface area contributed by atoms with E-state index in [1.807, 2.05) is 13.8 Å². The molecule has 0 radical (unpaired) electrons. The summed E-state index contributed by atoms with van der Waals surface area (Å²) in [6.45, 7) is 13.2. The maximum atomic E-state index is 5.57. The van der Waals surface area contributed by atoms with Crippen LogP contribution in [0.5, 0.6) is 0 Å². The summed E-state index contributed by atoms with van der Waals surface area (Å²) in [5.41, 5.74) is 0.968. The molecule has 2 heterocycles. The molecular weight excluding hydrogens is 421 g/mol. The van der Waals surface area contributed by atoms with Gasteiger partial charge in [0.25, 0.3) is 0 Å². The van der Waals surface area contributed by atoms with Gasteiger partial charge >= 0.3 is 0 Å². The topological polar surface area (TPSA) is 74.9 Å². The maximum absolute atomic E-state index is 5.57. The summed E-state index contributed by atoms with van der Waals surface area (Å²) in [4.78, 5) is 11.1. The van der Waals surface area contributed by atoms with Crippen molar-refractivity contribution in [3.63, 3.8) is 0 Å². The zero-order chi connectivity index (χ0) is 16.9. The molecule has 7 nitrogen and oxygen atoms in total. The monoisotopic (exact) mass is 451 g/mol. The highest BCUT2D eigenvalue weighted by atomic mass is 127. The smallest absolute Gasteiger partial charge is 0.214 e. The lowest BCUT2D eigenvalue weighted by Crippen LogP contribution is -2.56. The van der Waals surface area contributed by atoms with Crippen LogP contribution in [0.3, 0.4) is 0 Å². The van der Waals surface area contributed by atoms with Crippen LogP contribution in [-0.2, 0) is 11.3 Å². The van der Waals surface area contributed by atoms with Crippen molar-refractivity contribution in [3.05, 3.63) is 17.3 Å². The van der Waals surface area contributed by atoms with E-state index in [1.165, 1.54) is 0 Å². The number of guanidine groups is 1. The van der Waals surface area contributed by atoms with Gasteiger partial charge in [-0.25, -0.2) is 4.98 Å². The molecule has 0 amide bonds. The summed E-state index contributed by atoms with van der Waals surface area (Å²) in [6.07, 6.45) is 0. The van der Waals surface area contributed by atoms with E-state index in [4.69, 9.17) is 9.15 Å². The molecule has 8 heteroatoms. The molecule has 24 heavy (non-hydrogen) atoms. The highest BCUT2D eigenvalue weighted by molar-refractivity contribution is 14.0. The minimum Gasteiger partial charge on any atom is -0.444 e. The first kappa shape index (κ1) is 21.2. The number of rotatable bonds is 5. The number of oxazole rings is 1. The minimum atomic E-state index is 0. The Morgan fingerprint density at radius 3 is 2.46 bits per heavy atom. The Hall–Kier alpha value is -0.870. The number of aliphatic imine (C=N–C) groups is 1. The van der Waals surface area contributed by atoms with Crippen molar-refractivity contribution in [1.82, 2.24) is 20.5 Å². The third-order valence-corrected chi connectivity index (χ3v) is 4.26. The van der Waals surface area contributed by atoms with Crippen LogP contribution in [0.1, 0.15) is 31.2 Å². The first-order valence-electron chi connectivity index (χ1n) is 8.12. The van der Waals surface area contributed by atoms with Crippen molar-refractivity contribution in [3.8, 4) is 0 Å². The van der Waals surface area contributed by atoms with Crippen LogP contribution in [0.15, 0.2) is 9.41 Å². The van der Waals surface area contributed by atoms with Gasteiger partial charge in [-0.3, -0.25) is 9.89 Å². The van der Waals surface area contributed by atoms with E-state index in [-0.39, 0.29) is 29.5 Å². The van der Waals surface area contributed by atoms with Crippen molar-refractivity contribution in [2.45, 2.75) is 39.8 Å². The Morgan fingerprint density at radius 2 is 1.92 bits per heavy atom. The van der Waals surface area contributed by atoms with Gasteiger partial charge in [-0.15, -0.1) is 24.0 Å². The van der Waals surface area contributed by atoms with E-state index in [1.54, 1.807) is 7.05 Å². The molecule has 2 rings (SSSR count). The van der Waals surface area contributed by atoms with Crippen LogP contribution in [0.4, 0.5) is 0 Å². The van der Waals surface area contributed by atoms with Gasteiger partial charge in [0, 0.05) is 32.2 Å². The van der Waals surface area contributed by atoms with Gasteiger partial charge in [-0.1, -0.05) is 0 Å². The number of nitrogens with zero attached hydrogens (tertiary/aromatic N) is 3. The van der Waals surface area contributed by atoms with Gasteiger partial charge in [0.05, 0.1) is 25.5 Å². The molecule has 1 aromatic heterocycles. The Bertz CT molecular complexity index is 519. The third kappa shape index (κ3) is 5.89. The number of morpholine rings is 1. The average molecular weight is 451 g/mol. The van der Waals surface area contributed by atoms with Crippen molar-refractivity contribution < 1.29 is 9.15 Å². The van der Waals surface area contributed by atoms with E-state index in [2.05, 4.69) is 39.4 Å². The lowest BCUT2D eigenvalue weighted by Gasteiger charge is -2.41. The van der Waals surface area contributed by atoms with Crippen molar-refractivity contribution >= 4 is 29.9 Å². The van der Waals surface area contributed by atoms with Crippen LogP contribution in [0.2, 0.25) is 0 Å². The molecule has 0 saturated carbocycles. The summed E-state index contributed by atoms with van der Waals surface area (Å²) in [5.74, 6) is 2.29. The summed E-state index contributed by atoms with van der Waals surface area (Å²) in [7, 11) is 1.77. The predicted molar refractivity (Wildman–Crippen MR) is 106 cm³/mol. The molecule has 1 aliphatic heterocycles.